The molecule has 10 N–H and O–H groups in total. The summed E-state index contributed by atoms with van der Waals surface area (Å²) in [5.74, 6) is -1.18. The van der Waals surface area contributed by atoms with E-state index in [0.717, 1.165) is 5.57 Å². The molecule has 28 atom stereocenters. The number of hydrogen-bond donors (Lipinski definition) is 10. The number of allylic oxidation sites excluding steroid dienone is 1. The van der Waals surface area contributed by atoms with Crippen LogP contribution < -0.4 is 29.6 Å². The fourth-order valence-electron chi connectivity index (χ4n) is 16.9. The second-order valence-corrected chi connectivity index (χ2v) is 27.8. The molecule has 9 rings (SSSR count). The minimum atomic E-state index is -5.44. The van der Waals surface area contributed by atoms with Crippen molar-refractivity contribution in [1.82, 2.24) is 0 Å². The van der Waals surface area contributed by atoms with Gasteiger partial charge in [0.15, 0.2) is 25.2 Å². The minimum absolute atomic E-state index is 0. The van der Waals surface area contributed by atoms with Crippen LogP contribution in [-0.4, -0.2) is 243 Å². The quantitative estimate of drug-likeness (QED) is 0.0155. The van der Waals surface area contributed by atoms with Crippen LogP contribution in [0.1, 0.15) is 120 Å². The van der Waals surface area contributed by atoms with Gasteiger partial charge < -0.3 is 108 Å². The predicted molar refractivity (Wildman–Crippen MR) is 281 cm³/mol. The van der Waals surface area contributed by atoms with E-state index in [1.165, 1.54) is 21.0 Å². The molecule has 27 nitrogen and oxygen atoms in total. The summed E-state index contributed by atoms with van der Waals surface area (Å²) in [6, 6.07) is 0. The van der Waals surface area contributed by atoms with Crippen molar-refractivity contribution in [3.8, 4) is 0 Å². The molecule has 8 fully saturated rings. The molecule has 0 bridgehead atoms. The Hall–Kier alpha value is -1.21. The summed E-state index contributed by atoms with van der Waals surface area (Å²) >= 11 is 0. The molecular weight excluding hydrogens is 1160 g/mol. The maximum Gasteiger partial charge on any atom is 1.00 e. The van der Waals surface area contributed by atoms with Crippen LogP contribution in [0.4, 0.5) is 0 Å². The first-order valence-corrected chi connectivity index (χ1v) is 30.7. The van der Waals surface area contributed by atoms with Crippen LogP contribution in [0.3, 0.4) is 0 Å². The van der Waals surface area contributed by atoms with Crippen molar-refractivity contribution in [1.29, 1.82) is 0 Å². The first-order valence-electron chi connectivity index (χ1n) is 29.3. The van der Waals surface area contributed by atoms with E-state index in [1.54, 1.807) is 0 Å². The number of hydrogen-bond acceptors (Lipinski definition) is 27. The summed E-state index contributed by atoms with van der Waals surface area (Å²) in [6.45, 7) is 14.6. The van der Waals surface area contributed by atoms with E-state index in [2.05, 4.69) is 18.0 Å². The first kappa shape index (κ1) is 69.7. The molecule has 0 aromatic carbocycles. The number of esters is 2. The van der Waals surface area contributed by atoms with Crippen LogP contribution in [0, 0.1) is 39.4 Å². The SMILES string of the molecule is CO[C@H]1[C@H](O)[C@@H](O[C@H]2[C@H](O)[C@@H](O[C@@H]3[C@@H](O)[C@H](O)[C@@H](O[C@H]4[C@H](O[C@H]5CC[C@]6(C)C7=C[C@H](O)C89C(=O)O[C@@](C)(CCCC(C)(C)OC(C)=O)C8CC[C@@]9(C)C7CC[C@H]6C5(C)C)OC[C@@H](OS(=O)(=O)[O-])[C@@H]4O)O[C@H]3C)O[C@@H](CO)[C@@H]2O)O[C@@H](CO)[C@@H]1O.[Na+]. The molecule has 3 unspecified atom stereocenters. The van der Waals surface area contributed by atoms with Gasteiger partial charge in [-0.15, -0.1) is 0 Å². The zero-order valence-electron chi connectivity index (χ0n) is 50.2. The molecule has 0 aromatic rings. The molecule has 85 heavy (non-hydrogen) atoms. The van der Waals surface area contributed by atoms with Gasteiger partial charge in [-0.1, -0.05) is 39.3 Å². The number of carbonyl (C=O) groups excluding carboxylic acids is 2. The zero-order valence-corrected chi connectivity index (χ0v) is 53.1. The van der Waals surface area contributed by atoms with Crippen molar-refractivity contribution >= 4 is 22.3 Å². The van der Waals surface area contributed by atoms with E-state index in [9.17, 15) is 73.6 Å². The van der Waals surface area contributed by atoms with Gasteiger partial charge in [0, 0.05) is 20.0 Å². The van der Waals surface area contributed by atoms with Gasteiger partial charge >= 0.3 is 41.5 Å². The minimum Gasteiger partial charge on any atom is -0.726 e. The van der Waals surface area contributed by atoms with Gasteiger partial charge in [0.25, 0.3) is 0 Å². The van der Waals surface area contributed by atoms with Crippen LogP contribution in [0.2, 0.25) is 0 Å². The first-order chi connectivity index (χ1) is 39.1. The molecule has 29 heteroatoms. The molecule has 9 aliphatic rings. The van der Waals surface area contributed by atoms with Gasteiger partial charge in [0.05, 0.1) is 38.1 Å². The number of carbonyl (C=O) groups is 2. The van der Waals surface area contributed by atoms with Gasteiger partial charge in [0.1, 0.15) is 102 Å². The Bertz CT molecular complexity index is 2510. The molecule has 0 radical (unpaired) electrons. The molecule has 3 saturated carbocycles. The van der Waals surface area contributed by atoms with Crippen LogP contribution in [0.5, 0.6) is 0 Å². The summed E-state index contributed by atoms with van der Waals surface area (Å²) in [7, 11) is -4.26. The van der Waals surface area contributed by atoms with Crippen molar-refractivity contribution in [2.75, 3.05) is 26.9 Å². The Balaban J connectivity index is 0.00000940. The number of aliphatic hydroxyl groups is 10. The van der Waals surface area contributed by atoms with Gasteiger partial charge in [-0.3, -0.25) is 13.8 Å². The van der Waals surface area contributed by atoms with Crippen molar-refractivity contribution in [3.63, 3.8) is 0 Å². The zero-order chi connectivity index (χ0) is 61.8. The number of cyclic esters (lactones) is 1. The summed E-state index contributed by atoms with van der Waals surface area (Å²) in [5.41, 5.74) is -3.49. The molecule has 482 valence electrons. The van der Waals surface area contributed by atoms with Gasteiger partial charge in [-0.25, -0.2) is 8.42 Å². The Kier molecular flexibility index (Phi) is 21.1. The van der Waals surface area contributed by atoms with E-state index in [-0.39, 0.29) is 59.2 Å². The van der Waals surface area contributed by atoms with Crippen LogP contribution in [-0.2, 0) is 76.3 Å². The molecule has 1 spiro atoms. The summed E-state index contributed by atoms with van der Waals surface area (Å²) in [4.78, 5) is 26.4. The normalized spacial score (nSPS) is 48.8. The molecule has 4 aliphatic carbocycles. The van der Waals surface area contributed by atoms with Crippen molar-refractivity contribution in [3.05, 3.63) is 11.6 Å². The van der Waals surface area contributed by atoms with Gasteiger partial charge in [-0.05, 0) is 114 Å². The fourth-order valence-corrected chi connectivity index (χ4v) is 17.4. The van der Waals surface area contributed by atoms with E-state index >= 15 is 0 Å². The third kappa shape index (κ3) is 12.4. The topological polar surface area (TPSA) is 404 Å². The number of aliphatic hydroxyl groups excluding tert-OH is 10. The maximum atomic E-state index is 14.6. The third-order valence-corrected chi connectivity index (χ3v) is 21.5. The van der Waals surface area contributed by atoms with E-state index in [4.69, 9.17) is 52.1 Å². The Labute approximate surface area is 517 Å². The Morgan fingerprint density at radius 1 is 0.729 bits per heavy atom. The standard InChI is InChI=1S/C56H90O27S.Na/c1-24-42(78-48-41(67)44(36(62)29(22-58)76-48)79-47-40(66)43(72-10)35(61)28(21-57)75-47)38(64)39(65)46(74-24)80-45-37(63)30(83-84(69,70)71)23-73-49(45)77-34-15-18-53(7)27-20-33(60)56-32(14-19-54(56,8)26(27)12-13-31(53)52(34,5)6)55(9,82-50(56)68)17-11-16-51(3,4)81-25(2)59;/h20,24,26,28-49,57-58,60-67H,11-19,21-23H2,1-10H3,(H,69,70,71);/q;+1/p-1/t24-,26?,28-,29-,30+,31-,32?,33-,34-,35-,36-,37-,38-,39-,40-,41-,42-,43+,44+,45+,46+,47+,48+,49-,53+,54-,55-,56?;/m0./s1. The molecule has 0 aromatic heterocycles. The molecule has 0 amide bonds. The van der Waals surface area contributed by atoms with Gasteiger partial charge in [-0.2, -0.15) is 0 Å². The number of fused-ring (bicyclic) bond motifs is 4. The Morgan fingerprint density at radius 3 is 1.92 bits per heavy atom. The average Bonchev–Trinajstić information content (AvgIpc) is 1.57. The fraction of sp³-hybridized carbons (Fsp3) is 0.929. The molecular formula is C56H89NaO27S. The van der Waals surface area contributed by atoms with E-state index in [1.807, 2.05) is 40.7 Å². The van der Waals surface area contributed by atoms with E-state index in [0.29, 0.717) is 57.8 Å². The summed E-state index contributed by atoms with van der Waals surface area (Å²) in [6.07, 6.45) is -26.9. The maximum absolute atomic E-state index is 14.6. The van der Waals surface area contributed by atoms with Crippen LogP contribution in [0.25, 0.3) is 0 Å². The number of ether oxygens (including phenoxy) is 11. The third-order valence-electron chi connectivity index (χ3n) is 21.0. The second-order valence-electron chi connectivity index (χ2n) is 26.8. The summed E-state index contributed by atoms with van der Waals surface area (Å²) < 4.78 is 106. The summed E-state index contributed by atoms with van der Waals surface area (Å²) in [5, 5.41) is 112. The number of methoxy groups -OCH3 is 1. The largest absolute Gasteiger partial charge is 1.00 e. The van der Waals surface area contributed by atoms with Crippen molar-refractivity contribution < 1.29 is 159 Å². The van der Waals surface area contributed by atoms with Crippen LogP contribution in [0.15, 0.2) is 11.6 Å². The second kappa shape index (κ2) is 25.7. The molecule has 5 aliphatic heterocycles. The number of rotatable bonds is 18. The van der Waals surface area contributed by atoms with Crippen LogP contribution >= 0.6 is 0 Å². The molecule has 5 saturated heterocycles. The predicted octanol–water partition coefficient (Wildman–Crippen LogP) is -4.16. The smallest absolute Gasteiger partial charge is 0.726 e. The van der Waals surface area contributed by atoms with Gasteiger partial charge in [0.2, 0.25) is 10.4 Å². The van der Waals surface area contributed by atoms with E-state index < -0.39 is 192 Å². The molecule has 5 heterocycles. The monoisotopic (exact) mass is 1250 g/mol. The van der Waals surface area contributed by atoms with Crippen molar-refractivity contribution in [2.45, 2.75) is 260 Å². The average molecular weight is 1250 g/mol. The van der Waals surface area contributed by atoms with Crippen molar-refractivity contribution in [2.24, 2.45) is 39.4 Å². The Morgan fingerprint density at radius 2 is 1.32 bits per heavy atom.